The first-order valence-electron chi connectivity index (χ1n) is 9.43. The maximum Gasteiger partial charge on any atom is 0.331 e. The van der Waals surface area contributed by atoms with Crippen LogP contribution in [0.2, 0.25) is 10.0 Å². The van der Waals surface area contributed by atoms with E-state index in [-0.39, 0.29) is 5.56 Å². The van der Waals surface area contributed by atoms with E-state index in [1.54, 1.807) is 54.6 Å². The summed E-state index contributed by atoms with van der Waals surface area (Å²) in [5.74, 6) is -2.39. The number of carbonyl (C=O) groups is 3. The second-order valence-electron chi connectivity index (χ2n) is 7.14. The summed E-state index contributed by atoms with van der Waals surface area (Å²) in [6, 6.07) is 14.9. The molecule has 0 radical (unpaired) electrons. The Labute approximate surface area is 207 Å². The molecule has 4 rings (SSSR count). The van der Waals surface area contributed by atoms with Gasteiger partial charge in [0.15, 0.2) is 6.04 Å². The molecule has 3 aromatic carbocycles. The third-order valence-corrected chi connectivity index (χ3v) is 6.29. The molecule has 0 unspecified atom stereocenters. The molecule has 1 aliphatic rings. The predicted molar refractivity (Wildman–Crippen MR) is 130 cm³/mol. The molecule has 0 fully saturated rings. The summed E-state index contributed by atoms with van der Waals surface area (Å²) in [5, 5.41) is 13.8. The molecule has 0 aromatic heterocycles. The fourth-order valence-electron chi connectivity index (χ4n) is 3.68. The maximum absolute atomic E-state index is 13.8. The largest absolute Gasteiger partial charge is 0.479 e. The van der Waals surface area contributed by atoms with Gasteiger partial charge in [-0.3, -0.25) is 9.59 Å². The molecule has 1 aliphatic heterocycles. The molecule has 0 saturated carbocycles. The number of fused-ring (bicyclic) bond motifs is 1. The Morgan fingerprint density at radius 1 is 0.969 bits per heavy atom. The molecule has 0 aliphatic carbocycles. The second kappa shape index (κ2) is 9.09. The van der Waals surface area contributed by atoms with Gasteiger partial charge in [-0.25, -0.2) is 4.79 Å². The minimum Gasteiger partial charge on any atom is -0.479 e. The Morgan fingerprint density at radius 3 is 2.16 bits per heavy atom. The zero-order valence-corrected chi connectivity index (χ0v) is 19.9. The van der Waals surface area contributed by atoms with E-state index in [4.69, 9.17) is 23.2 Å². The summed E-state index contributed by atoms with van der Waals surface area (Å²) >= 11 is 14.0. The first-order chi connectivity index (χ1) is 15.3. The highest BCUT2D eigenvalue weighted by molar-refractivity contribution is 14.1. The van der Waals surface area contributed by atoms with Crippen molar-refractivity contribution < 1.29 is 19.5 Å². The summed E-state index contributed by atoms with van der Waals surface area (Å²) in [6.45, 7) is 0. The normalized spacial score (nSPS) is 16.7. The molecule has 0 bridgehead atoms. The summed E-state index contributed by atoms with van der Waals surface area (Å²) < 4.78 is 0.771. The van der Waals surface area contributed by atoms with Crippen LogP contribution in [-0.4, -0.2) is 27.8 Å². The van der Waals surface area contributed by atoms with E-state index >= 15 is 0 Å². The number of benzene rings is 3. The first-order valence-corrected chi connectivity index (χ1v) is 11.3. The number of carboxylic acid groups (broad SMARTS) is 1. The fourth-order valence-corrected chi connectivity index (χ4v) is 4.42. The van der Waals surface area contributed by atoms with Crippen molar-refractivity contribution >= 4 is 69.3 Å². The summed E-state index contributed by atoms with van der Waals surface area (Å²) in [4.78, 5) is 40.7. The van der Waals surface area contributed by atoms with Crippen molar-refractivity contribution in [1.29, 1.82) is 0 Å². The third kappa shape index (κ3) is 4.32. The lowest BCUT2D eigenvalue weighted by molar-refractivity contribution is -0.144. The quantitative estimate of drug-likeness (QED) is 0.396. The fraction of sp³-hybridized carbons (Fsp3) is 0.0870. The molecule has 6 nitrogen and oxygen atoms in total. The molecule has 162 valence electrons. The topological polar surface area (TPSA) is 86.7 Å². The Kier molecular flexibility index (Phi) is 6.41. The monoisotopic (exact) mass is 580 g/mol. The van der Waals surface area contributed by atoms with Crippen LogP contribution in [0.3, 0.4) is 0 Å². The van der Waals surface area contributed by atoms with Crippen LogP contribution < -0.4 is 5.32 Å². The van der Waals surface area contributed by atoms with Crippen molar-refractivity contribution in [3.8, 4) is 0 Å². The third-order valence-electron chi connectivity index (χ3n) is 5.11. The van der Waals surface area contributed by atoms with Crippen LogP contribution in [0.1, 0.15) is 33.6 Å². The van der Waals surface area contributed by atoms with Gasteiger partial charge in [-0.2, -0.15) is 0 Å². The van der Waals surface area contributed by atoms with Crippen molar-refractivity contribution in [2.75, 3.05) is 5.32 Å². The van der Waals surface area contributed by atoms with Crippen LogP contribution >= 0.6 is 45.8 Å². The highest BCUT2D eigenvalue weighted by Crippen LogP contribution is 2.38. The van der Waals surface area contributed by atoms with Crippen LogP contribution in [0.5, 0.6) is 0 Å². The number of rotatable bonds is 4. The molecule has 32 heavy (non-hydrogen) atoms. The van der Waals surface area contributed by atoms with Gasteiger partial charge < -0.3 is 15.3 Å². The molecule has 2 atom stereocenters. The second-order valence-corrected chi connectivity index (χ2v) is 9.26. The van der Waals surface area contributed by atoms with Gasteiger partial charge in [0.05, 0.1) is 11.3 Å². The van der Waals surface area contributed by atoms with Gasteiger partial charge >= 0.3 is 5.97 Å². The number of amides is 2. The molecule has 2 N–H and O–H groups in total. The average molecular weight is 581 g/mol. The number of hydrogen-bond acceptors (Lipinski definition) is 3. The molecule has 9 heteroatoms. The van der Waals surface area contributed by atoms with E-state index in [0.29, 0.717) is 26.9 Å². The van der Waals surface area contributed by atoms with Gasteiger partial charge in [0, 0.05) is 13.6 Å². The lowest BCUT2D eigenvalue weighted by atomic mass is 9.98. The minimum atomic E-state index is -1.44. The van der Waals surface area contributed by atoms with Crippen molar-refractivity contribution in [2.45, 2.75) is 12.1 Å². The smallest absolute Gasteiger partial charge is 0.331 e. The van der Waals surface area contributed by atoms with E-state index in [9.17, 15) is 19.5 Å². The van der Waals surface area contributed by atoms with Crippen LogP contribution in [0.15, 0.2) is 66.7 Å². The number of nitrogens with one attached hydrogen (secondary N) is 1. The molecular weight excluding hydrogens is 566 g/mol. The zero-order chi connectivity index (χ0) is 23.0. The van der Waals surface area contributed by atoms with Crippen molar-refractivity contribution in [2.24, 2.45) is 0 Å². The number of halogens is 3. The summed E-state index contributed by atoms with van der Waals surface area (Å²) in [6.07, 6.45) is 0. The predicted octanol–water partition coefficient (Wildman–Crippen LogP) is 5.56. The van der Waals surface area contributed by atoms with Crippen LogP contribution in [0, 0.1) is 3.57 Å². The zero-order valence-electron chi connectivity index (χ0n) is 16.3. The Bertz CT molecular complexity index is 1220. The van der Waals surface area contributed by atoms with Crippen LogP contribution in [0.25, 0.3) is 0 Å². The number of aliphatic carboxylic acids is 1. The van der Waals surface area contributed by atoms with Gasteiger partial charge in [-0.05, 0) is 76.2 Å². The van der Waals surface area contributed by atoms with Crippen molar-refractivity contribution in [1.82, 2.24) is 4.90 Å². The van der Waals surface area contributed by atoms with E-state index < -0.39 is 29.9 Å². The number of carboxylic acids is 1. The molecular formula is C23H15Cl2IN2O4. The highest BCUT2D eigenvalue weighted by Gasteiger charge is 2.43. The van der Waals surface area contributed by atoms with Crippen LogP contribution in [-0.2, 0) is 9.59 Å². The number of carbonyl (C=O) groups excluding carboxylic acids is 2. The van der Waals surface area contributed by atoms with Crippen molar-refractivity contribution in [3.63, 3.8) is 0 Å². The Morgan fingerprint density at radius 2 is 1.56 bits per heavy atom. The Balaban J connectivity index is 1.95. The van der Waals surface area contributed by atoms with E-state index in [2.05, 4.69) is 27.9 Å². The van der Waals surface area contributed by atoms with Crippen molar-refractivity contribution in [3.05, 3.63) is 97.0 Å². The molecule has 2 amide bonds. The highest BCUT2D eigenvalue weighted by atomic mass is 127. The first kappa shape index (κ1) is 22.6. The average Bonchev–Trinajstić information content (AvgIpc) is 2.85. The number of anilines is 1. The lowest BCUT2D eigenvalue weighted by Crippen LogP contribution is -2.44. The van der Waals surface area contributed by atoms with E-state index in [1.165, 1.54) is 12.1 Å². The molecule has 1 heterocycles. The van der Waals surface area contributed by atoms with Crippen LogP contribution in [0.4, 0.5) is 5.69 Å². The summed E-state index contributed by atoms with van der Waals surface area (Å²) in [5.41, 5.74) is 1.28. The standard InChI is InChI=1S/C23H15Cl2IN2O4/c24-14-5-1-12(2-6-14)19-21(29)27-18-10-9-16(26)11-17(18)22(30)28(19)20(23(31)32)13-3-7-15(25)8-4-13/h1-11,19-20H,(H,27,29)(H,31,32)/t19-,20+/m0/s1. The lowest BCUT2D eigenvalue weighted by Gasteiger charge is -2.34. The maximum atomic E-state index is 13.8. The minimum absolute atomic E-state index is 0.210. The van der Waals surface area contributed by atoms with Gasteiger partial charge in [-0.1, -0.05) is 47.5 Å². The van der Waals surface area contributed by atoms with E-state index in [0.717, 1.165) is 8.47 Å². The molecule has 3 aromatic rings. The van der Waals surface area contributed by atoms with Gasteiger partial charge in [0.1, 0.15) is 6.04 Å². The molecule has 0 spiro atoms. The van der Waals surface area contributed by atoms with Gasteiger partial charge in [-0.15, -0.1) is 0 Å². The van der Waals surface area contributed by atoms with Gasteiger partial charge in [0.2, 0.25) is 0 Å². The number of nitrogens with zero attached hydrogens (tertiary/aromatic N) is 1. The summed E-state index contributed by atoms with van der Waals surface area (Å²) in [7, 11) is 0. The molecule has 0 saturated heterocycles. The Hall–Kier alpha value is -2.62. The van der Waals surface area contributed by atoms with Gasteiger partial charge in [0.25, 0.3) is 11.8 Å². The SMILES string of the molecule is O=C1Nc2ccc(I)cc2C(=O)N([C@@H](C(=O)O)c2ccc(Cl)cc2)[C@H]1c1ccc(Cl)cc1. The number of hydrogen-bond donors (Lipinski definition) is 2. The van der Waals surface area contributed by atoms with E-state index in [1.807, 2.05) is 0 Å².